The van der Waals surface area contributed by atoms with Gasteiger partial charge in [0.05, 0.1) is 10.4 Å². The van der Waals surface area contributed by atoms with Crippen molar-refractivity contribution in [2.75, 3.05) is 5.32 Å². The molecule has 1 unspecified atom stereocenters. The van der Waals surface area contributed by atoms with Crippen molar-refractivity contribution >= 4 is 40.2 Å². The predicted octanol–water partition coefficient (Wildman–Crippen LogP) is 2.79. The number of thioether (sulfide) groups is 1. The molecule has 1 aliphatic rings. The van der Waals surface area contributed by atoms with E-state index < -0.39 is 16.8 Å². The van der Waals surface area contributed by atoms with Gasteiger partial charge in [-0.15, -0.1) is 0 Å². The molecule has 1 aromatic carbocycles. The Balaban J connectivity index is 2.23. The predicted molar refractivity (Wildman–Crippen MR) is 77.3 cm³/mol. The minimum Gasteiger partial charge on any atom is -0.506 e. The fourth-order valence-corrected chi connectivity index (χ4v) is 2.99. The number of rotatable bonds is 2. The van der Waals surface area contributed by atoms with Gasteiger partial charge in [0.2, 0.25) is 0 Å². The zero-order valence-corrected chi connectivity index (χ0v) is 11.9. The number of halogens is 1. The molecule has 1 aliphatic heterocycles. The number of aliphatic carboxylic acids is 1. The van der Waals surface area contributed by atoms with E-state index in [4.69, 9.17) is 16.7 Å². The van der Waals surface area contributed by atoms with Crippen molar-refractivity contribution < 1.29 is 15.0 Å². The molecule has 1 atom stereocenters. The first-order valence-electron chi connectivity index (χ1n) is 5.55. The van der Waals surface area contributed by atoms with Gasteiger partial charge in [0.25, 0.3) is 0 Å². The number of phenolic OH excluding ortho intramolecular Hbond substituents is 1. The van der Waals surface area contributed by atoms with Crippen molar-refractivity contribution in [1.82, 2.24) is 0 Å². The number of phenols is 1. The van der Waals surface area contributed by atoms with E-state index in [1.54, 1.807) is 12.1 Å². The number of carboxylic acids is 1. The van der Waals surface area contributed by atoms with Crippen LogP contribution in [0.3, 0.4) is 0 Å². The Hall–Kier alpha value is -1.40. The van der Waals surface area contributed by atoms with Crippen molar-refractivity contribution in [3.63, 3.8) is 0 Å². The highest BCUT2D eigenvalue weighted by atomic mass is 35.5. The van der Waals surface area contributed by atoms with Gasteiger partial charge >= 0.3 is 5.97 Å². The summed E-state index contributed by atoms with van der Waals surface area (Å²) >= 11 is 7.16. The molecular weight excluding hydrogens is 288 g/mol. The minimum atomic E-state index is -0.968. The summed E-state index contributed by atoms with van der Waals surface area (Å²) in [6.07, 6.45) is 0. The number of aromatic hydroxyl groups is 1. The third kappa shape index (κ3) is 2.96. The van der Waals surface area contributed by atoms with Crippen LogP contribution in [0.1, 0.15) is 13.8 Å². The fraction of sp³-hybridized carbons (Fsp3) is 0.333. The van der Waals surface area contributed by atoms with Crippen LogP contribution < -0.4 is 5.32 Å². The third-order valence-electron chi connectivity index (χ3n) is 2.70. The number of hydrogen-bond donors (Lipinski definition) is 3. The first-order chi connectivity index (χ1) is 8.79. The summed E-state index contributed by atoms with van der Waals surface area (Å²) in [6.45, 7) is 3.62. The first-order valence-corrected chi connectivity index (χ1v) is 6.74. The van der Waals surface area contributed by atoms with Crippen LogP contribution in [-0.2, 0) is 4.79 Å². The molecule has 0 spiro atoms. The second-order valence-corrected chi connectivity index (χ2v) is 6.75. The van der Waals surface area contributed by atoms with Gasteiger partial charge in [-0.25, -0.2) is 9.79 Å². The van der Waals surface area contributed by atoms with E-state index >= 15 is 0 Å². The highest BCUT2D eigenvalue weighted by Crippen LogP contribution is 2.39. The maximum absolute atomic E-state index is 11.1. The van der Waals surface area contributed by atoms with E-state index in [0.717, 1.165) is 0 Å². The Morgan fingerprint density at radius 1 is 1.53 bits per heavy atom. The standard InChI is InChI=1S/C12H13ClN2O3S/c1-12(2)9(10(17)18)15-11(19-12)14-7-5-6(13)3-4-8(7)16/h3-5,9,16H,1-2H3,(H,14,15)(H,17,18). The number of aliphatic imine (C=N–C) groups is 1. The normalized spacial score (nSPS) is 21.0. The van der Waals surface area contributed by atoms with Crippen LogP contribution >= 0.6 is 23.4 Å². The number of carboxylic acid groups (broad SMARTS) is 1. The molecule has 2 rings (SSSR count). The number of nitrogens with one attached hydrogen (secondary N) is 1. The zero-order chi connectivity index (χ0) is 14.2. The van der Waals surface area contributed by atoms with Gasteiger partial charge < -0.3 is 15.5 Å². The number of carbonyl (C=O) groups is 1. The zero-order valence-electron chi connectivity index (χ0n) is 10.3. The number of benzene rings is 1. The van der Waals surface area contributed by atoms with E-state index in [9.17, 15) is 9.90 Å². The van der Waals surface area contributed by atoms with Crippen molar-refractivity contribution in [2.24, 2.45) is 4.99 Å². The highest BCUT2D eigenvalue weighted by molar-refractivity contribution is 8.15. The van der Waals surface area contributed by atoms with E-state index in [0.29, 0.717) is 15.9 Å². The van der Waals surface area contributed by atoms with E-state index in [-0.39, 0.29) is 5.75 Å². The lowest BCUT2D eigenvalue weighted by Gasteiger charge is -2.20. The summed E-state index contributed by atoms with van der Waals surface area (Å²) in [4.78, 5) is 15.2. The van der Waals surface area contributed by atoms with Crippen molar-refractivity contribution in [3.05, 3.63) is 23.2 Å². The van der Waals surface area contributed by atoms with Gasteiger partial charge in [0.15, 0.2) is 11.2 Å². The molecule has 0 amide bonds. The summed E-state index contributed by atoms with van der Waals surface area (Å²) in [6, 6.07) is 3.77. The average molecular weight is 301 g/mol. The molecule has 0 saturated carbocycles. The van der Waals surface area contributed by atoms with Crippen LogP contribution in [0.5, 0.6) is 5.75 Å². The van der Waals surface area contributed by atoms with Gasteiger partial charge in [-0.1, -0.05) is 23.4 Å². The van der Waals surface area contributed by atoms with Crippen LogP contribution in [0.2, 0.25) is 5.02 Å². The van der Waals surface area contributed by atoms with Crippen molar-refractivity contribution in [1.29, 1.82) is 0 Å². The SMILES string of the molecule is CC1(C)SC(Nc2cc(Cl)ccc2O)=NC1C(=O)O. The number of nitrogens with zero attached hydrogens (tertiary/aromatic N) is 1. The molecule has 0 fully saturated rings. The van der Waals surface area contributed by atoms with Crippen LogP contribution in [-0.4, -0.2) is 32.1 Å². The quantitative estimate of drug-likeness (QED) is 0.732. The molecule has 0 saturated heterocycles. The molecule has 3 N–H and O–H groups in total. The maximum Gasteiger partial charge on any atom is 0.329 e. The Labute approximate surface area is 119 Å². The maximum atomic E-state index is 11.1. The summed E-state index contributed by atoms with van der Waals surface area (Å²) in [5, 5.41) is 22.6. The molecule has 0 aromatic heterocycles. The highest BCUT2D eigenvalue weighted by Gasteiger charge is 2.42. The van der Waals surface area contributed by atoms with Gasteiger partial charge in [-0.05, 0) is 32.0 Å². The molecule has 0 bridgehead atoms. The van der Waals surface area contributed by atoms with Crippen LogP contribution in [0, 0.1) is 0 Å². The van der Waals surface area contributed by atoms with Crippen LogP contribution in [0.4, 0.5) is 5.69 Å². The summed E-state index contributed by atoms with van der Waals surface area (Å²) in [5.41, 5.74) is 0.403. The van der Waals surface area contributed by atoms with E-state index in [1.807, 2.05) is 13.8 Å². The van der Waals surface area contributed by atoms with Gasteiger partial charge in [0, 0.05) is 5.02 Å². The molecule has 1 aromatic rings. The minimum absolute atomic E-state index is 0.0317. The lowest BCUT2D eigenvalue weighted by atomic mass is 10.0. The molecule has 0 aliphatic carbocycles. The summed E-state index contributed by atoms with van der Waals surface area (Å²) in [5.74, 6) is -0.936. The van der Waals surface area contributed by atoms with Crippen LogP contribution in [0.15, 0.2) is 23.2 Å². The van der Waals surface area contributed by atoms with Crippen LogP contribution in [0.25, 0.3) is 0 Å². The van der Waals surface area contributed by atoms with E-state index in [1.165, 1.54) is 17.8 Å². The van der Waals surface area contributed by atoms with Crippen molar-refractivity contribution in [3.8, 4) is 5.75 Å². The Morgan fingerprint density at radius 3 is 2.79 bits per heavy atom. The van der Waals surface area contributed by atoms with Gasteiger partial charge in [-0.2, -0.15) is 0 Å². The Bertz CT molecular complexity index is 560. The first kappa shape index (κ1) is 14.0. The Morgan fingerprint density at radius 2 is 2.21 bits per heavy atom. The lowest BCUT2D eigenvalue weighted by molar-refractivity contribution is -0.138. The smallest absolute Gasteiger partial charge is 0.329 e. The summed E-state index contributed by atoms with van der Waals surface area (Å²) in [7, 11) is 0. The van der Waals surface area contributed by atoms with Gasteiger partial charge in [-0.3, -0.25) is 0 Å². The van der Waals surface area contributed by atoms with Crippen molar-refractivity contribution in [2.45, 2.75) is 24.6 Å². The number of anilines is 1. The average Bonchev–Trinajstić information content (AvgIpc) is 2.59. The summed E-state index contributed by atoms with van der Waals surface area (Å²) < 4.78 is -0.539. The molecule has 0 radical (unpaired) electrons. The molecule has 1 heterocycles. The molecule has 5 nitrogen and oxygen atoms in total. The molecule has 7 heteroatoms. The third-order valence-corrected chi connectivity index (χ3v) is 4.08. The number of amidine groups is 1. The second-order valence-electron chi connectivity index (χ2n) is 4.67. The second kappa shape index (κ2) is 4.94. The van der Waals surface area contributed by atoms with E-state index in [2.05, 4.69) is 10.3 Å². The van der Waals surface area contributed by atoms with Gasteiger partial charge in [0.1, 0.15) is 5.75 Å². The fourth-order valence-electron chi connectivity index (χ4n) is 1.74. The molecule has 102 valence electrons. The lowest BCUT2D eigenvalue weighted by Crippen LogP contribution is -2.34. The monoisotopic (exact) mass is 300 g/mol. The largest absolute Gasteiger partial charge is 0.506 e. The number of hydrogen-bond acceptors (Lipinski definition) is 5. The molecule has 19 heavy (non-hydrogen) atoms. The topological polar surface area (TPSA) is 81.9 Å². The molecular formula is C12H13ClN2O3S. The Kier molecular flexibility index (Phi) is 3.64.